The van der Waals surface area contributed by atoms with Crippen molar-refractivity contribution in [2.75, 3.05) is 31.7 Å². The summed E-state index contributed by atoms with van der Waals surface area (Å²) in [4.78, 5) is 30.0. The Labute approximate surface area is 178 Å². The fraction of sp³-hybridized carbons (Fsp3) is 0.381. The number of rotatable bonds is 6. The van der Waals surface area contributed by atoms with Crippen LogP contribution in [0.15, 0.2) is 41.2 Å². The van der Waals surface area contributed by atoms with Crippen LogP contribution in [0.5, 0.6) is 0 Å². The first-order chi connectivity index (χ1) is 14.5. The lowest BCUT2D eigenvalue weighted by molar-refractivity contribution is 0.0929. The molecule has 2 N–H and O–H groups in total. The van der Waals surface area contributed by atoms with E-state index in [9.17, 15) is 9.59 Å². The molecule has 0 radical (unpaired) electrons. The van der Waals surface area contributed by atoms with E-state index >= 15 is 0 Å². The number of nitrogens with zero attached hydrogens (tertiary/aromatic N) is 3. The van der Waals surface area contributed by atoms with Gasteiger partial charge in [0.05, 0.1) is 13.2 Å². The number of amides is 1. The second-order valence-corrected chi connectivity index (χ2v) is 7.86. The normalized spacial score (nSPS) is 16.7. The van der Waals surface area contributed by atoms with Crippen molar-refractivity contribution in [1.82, 2.24) is 20.1 Å². The number of piperidine rings is 1. The third-order valence-electron chi connectivity index (χ3n) is 5.27. The molecule has 0 aliphatic carbocycles. The minimum absolute atomic E-state index is 0.0117. The molecule has 0 bridgehead atoms. The standard InChI is InChI=1S/C21H24ClN5O3/c1-30-10-9-27-20(28)7-6-19(25-27)26-8-2-3-16(13-26)23-21(29)18-12-14-11-15(22)4-5-17(14)24-18/h4-7,11-12,16,24H,2-3,8-10,13H2,1H3,(H,23,29). The van der Waals surface area contributed by atoms with Gasteiger partial charge in [-0.3, -0.25) is 9.59 Å². The van der Waals surface area contributed by atoms with Gasteiger partial charge in [-0.15, -0.1) is 0 Å². The number of benzene rings is 1. The minimum Gasteiger partial charge on any atom is -0.383 e. The van der Waals surface area contributed by atoms with Gasteiger partial charge in [0.15, 0.2) is 0 Å². The van der Waals surface area contributed by atoms with Crippen LogP contribution in [0.25, 0.3) is 10.9 Å². The number of aromatic nitrogens is 3. The van der Waals surface area contributed by atoms with Gasteiger partial charge >= 0.3 is 0 Å². The van der Waals surface area contributed by atoms with Crippen LogP contribution in [0.3, 0.4) is 0 Å². The summed E-state index contributed by atoms with van der Waals surface area (Å²) < 4.78 is 6.46. The largest absolute Gasteiger partial charge is 0.383 e. The molecule has 8 nitrogen and oxygen atoms in total. The first-order valence-electron chi connectivity index (χ1n) is 9.94. The number of carbonyl (C=O) groups excluding carboxylic acids is 1. The zero-order chi connectivity index (χ0) is 21.1. The molecule has 1 saturated heterocycles. The molecule has 1 aliphatic rings. The van der Waals surface area contributed by atoms with E-state index in [2.05, 4.69) is 20.3 Å². The van der Waals surface area contributed by atoms with Crippen molar-refractivity contribution in [1.29, 1.82) is 0 Å². The van der Waals surface area contributed by atoms with Crippen molar-refractivity contribution in [2.45, 2.75) is 25.4 Å². The van der Waals surface area contributed by atoms with Gasteiger partial charge in [0.2, 0.25) is 0 Å². The molecule has 1 aromatic carbocycles. The van der Waals surface area contributed by atoms with Gasteiger partial charge in [-0.25, -0.2) is 4.68 Å². The maximum Gasteiger partial charge on any atom is 0.268 e. The molecule has 1 aliphatic heterocycles. The summed E-state index contributed by atoms with van der Waals surface area (Å²) in [5, 5.41) is 9.11. The number of halogens is 1. The van der Waals surface area contributed by atoms with Gasteiger partial charge in [-0.2, -0.15) is 5.10 Å². The molecule has 0 saturated carbocycles. The summed E-state index contributed by atoms with van der Waals surface area (Å²) in [5.41, 5.74) is 1.23. The van der Waals surface area contributed by atoms with E-state index in [1.54, 1.807) is 19.2 Å². The number of H-pyrrole nitrogens is 1. The van der Waals surface area contributed by atoms with E-state index in [1.165, 1.54) is 10.7 Å². The van der Waals surface area contributed by atoms with Gasteiger partial charge in [-0.1, -0.05) is 11.6 Å². The summed E-state index contributed by atoms with van der Waals surface area (Å²) in [6, 6.07) is 10.5. The average molecular weight is 430 g/mol. The number of methoxy groups -OCH3 is 1. The molecule has 1 fully saturated rings. The number of aromatic amines is 1. The molecule has 158 valence electrons. The molecule has 1 amide bonds. The zero-order valence-electron chi connectivity index (χ0n) is 16.7. The number of anilines is 1. The molecular formula is C21H24ClN5O3. The molecule has 3 heterocycles. The average Bonchev–Trinajstić information content (AvgIpc) is 3.17. The van der Waals surface area contributed by atoms with E-state index in [-0.39, 0.29) is 17.5 Å². The van der Waals surface area contributed by atoms with Gasteiger partial charge in [0.25, 0.3) is 11.5 Å². The van der Waals surface area contributed by atoms with Crippen LogP contribution in [0, 0.1) is 0 Å². The summed E-state index contributed by atoms with van der Waals surface area (Å²) in [5.74, 6) is 0.581. The highest BCUT2D eigenvalue weighted by molar-refractivity contribution is 6.31. The van der Waals surface area contributed by atoms with Crippen LogP contribution in [-0.4, -0.2) is 53.5 Å². The molecule has 30 heavy (non-hydrogen) atoms. The Kier molecular flexibility index (Phi) is 6.06. The Morgan fingerprint density at radius 3 is 3.03 bits per heavy atom. The van der Waals surface area contributed by atoms with Crippen molar-refractivity contribution >= 4 is 34.2 Å². The monoisotopic (exact) mass is 429 g/mol. The SMILES string of the molecule is COCCn1nc(N2CCCC(NC(=O)c3cc4cc(Cl)ccc4[nH]3)C2)ccc1=O. The molecule has 1 unspecified atom stereocenters. The third-order valence-corrected chi connectivity index (χ3v) is 5.50. The molecule has 1 atom stereocenters. The predicted octanol–water partition coefficient (Wildman–Crippen LogP) is 2.42. The van der Waals surface area contributed by atoms with Gasteiger partial charge in [-0.05, 0) is 43.2 Å². The maximum atomic E-state index is 12.8. The maximum absolute atomic E-state index is 12.8. The fourth-order valence-electron chi connectivity index (χ4n) is 3.74. The Morgan fingerprint density at radius 2 is 2.20 bits per heavy atom. The van der Waals surface area contributed by atoms with Crippen molar-refractivity contribution in [2.24, 2.45) is 0 Å². The number of ether oxygens (including phenoxy) is 1. The molecule has 3 aromatic rings. The molecule has 4 rings (SSSR count). The van der Waals surface area contributed by atoms with Crippen molar-refractivity contribution < 1.29 is 9.53 Å². The lowest BCUT2D eigenvalue weighted by atomic mass is 10.1. The van der Waals surface area contributed by atoms with Gasteiger partial charge in [0, 0.05) is 48.2 Å². The fourth-order valence-corrected chi connectivity index (χ4v) is 3.92. The summed E-state index contributed by atoms with van der Waals surface area (Å²) in [6.07, 6.45) is 1.81. The number of hydrogen-bond acceptors (Lipinski definition) is 5. The molecular weight excluding hydrogens is 406 g/mol. The number of nitrogens with one attached hydrogen (secondary N) is 2. The number of carbonyl (C=O) groups is 1. The Bertz CT molecular complexity index is 1110. The highest BCUT2D eigenvalue weighted by Crippen LogP contribution is 2.21. The first kappa shape index (κ1) is 20.4. The van der Waals surface area contributed by atoms with Gasteiger partial charge in [0.1, 0.15) is 11.5 Å². The van der Waals surface area contributed by atoms with E-state index in [1.807, 2.05) is 18.2 Å². The molecule has 2 aromatic heterocycles. The van der Waals surface area contributed by atoms with Crippen LogP contribution < -0.4 is 15.8 Å². The first-order valence-corrected chi connectivity index (χ1v) is 10.3. The van der Waals surface area contributed by atoms with Crippen molar-refractivity contribution in [3.05, 3.63) is 57.5 Å². The zero-order valence-corrected chi connectivity index (χ0v) is 17.5. The lowest BCUT2D eigenvalue weighted by Gasteiger charge is -2.33. The second-order valence-electron chi connectivity index (χ2n) is 7.42. The van der Waals surface area contributed by atoms with Crippen LogP contribution in [0.1, 0.15) is 23.3 Å². The lowest BCUT2D eigenvalue weighted by Crippen LogP contribution is -2.48. The van der Waals surface area contributed by atoms with Crippen LogP contribution >= 0.6 is 11.6 Å². The smallest absolute Gasteiger partial charge is 0.268 e. The van der Waals surface area contributed by atoms with E-state index < -0.39 is 0 Å². The third kappa shape index (κ3) is 4.49. The van der Waals surface area contributed by atoms with Gasteiger partial charge < -0.3 is 19.9 Å². The summed E-state index contributed by atoms with van der Waals surface area (Å²) >= 11 is 6.03. The number of hydrogen-bond donors (Lipinski definition) is 2. The van der Waals surface area contributed by atoms with E-state index in [0.29, 0.717) is 30.4 Å². The molecule has 0 spiro atoms. The summed E-state index contributed by atoms with van der Waals surface area (Å²) in [7, 11) is 1.59. The summed E-state index contributed by atoms with van der Waals surface area (Å²) in [6.45, 7) is 2.28. The molecule has 9 heteroatoms. The highest BCUT2D eigenvalue weighted by atomic mass is 35.5. The van der Waals surface area contributed by atoms with Crippen LogP contribution in [0.4, 0.5) is 5.82 Å². The number of fused-ring (bicyclic) bond motifs is 1. The quantitative estimate of drug-likeness (QED) is 0.627. The van der Waals surface area contributed by atoms with Crippen molar-refractivity contribution in [3.8, 4) is 0 Å². The van der Waals surface area contributed by atoms with E-state index in [4.69, 9.17) is 16.3 Å². The van der Waals surface area contributed by atoms with Crippen molar-refractivity contribution in [3.63, 3.8) is 0 Å². The Morgan fingerprint density at radius 1 is 1.33 bits per heavy atom. The Balaban J connectivity index is 1.44. The highest BCUT2D eigenvalue weighted by Gasteiger charge is 2.24. The predicted molar refractivity (Wildman–Crippen MR) is 116 cm³/mol. The van der Waals surface area contributed by atoms with E-state index in [0.717, 1.165) is 36.1 Å². The second kappa shape index (κ2) is 8.89. The Hall–Kier alpha value is -2.84. The minimum atomic E-state index is -0.156. The topological polar surface area (TPSA) is 92.2 Å². The van der Waals surface area contributed by atoms with Crippen LogP contribution in [-0.2, 0) is 11.3 Å². The van der Waals surface area contributed by atoms with Crippen LogP contribution in [0.2, 0.25) is 5.02 Å².